The Balaban J connectivity index is 4.38. The highest BCUT2D eigenvalue weighted by molar-refractivity contribution is 6.15. The van der Waals surface area contributed by atoms with Crippen LogP contribution in [0.3, 0.4) is 0 Å². The van der Waals surface area contributed by atoms with Crippen LogP contribution in [0.15, 0.2) is 0 Å². The Morgan fingerprint density at radius 1 is 1.00 bits per heavy atom. The summed E-state index contributed by atoms with van der Waals surface area (Å²) >= 11 is 0. The summed E-state index contributed by atoms with van der Waals surface area (Å²) in [6.45, 7) is 13.2. The molecule has 0 bridgehead atoms. The highest BCUT2D eigenvalue weighted by Gasteiger charge is 2.34. The van der Waals surface area contributed by atoms with Crippen molar-refractivity contribution in [3.8, 4) is 0 Å². The topological polar surface area (TPSA) is 24.1 Å². The van der Waals surface area contributed by atoms with Gasteiger partial charge in [-0.2, -0.15) is 0 Å². The maximum absolute atomic E-state index is 3.55. The van der Waals surface area contributed by atoms with Crippen molar-refractivity contribution in [1.29, 1.82) is 0 Å². The summed E-state index contributed by atoms with van der Waals surface area (Å²) in [5.41, 5.74) is 0.297. The third-order valence-corrected chi connectivity index (χ3v) is 4.77. The zero-order valence-electron chi connectivity index (χ0n) is 9.41. The first kappa shape index (κ1) is 12.1. The molecule has 0 spiro atoms. The minimum absolute atomic E-state index is 0.177. The lowest BCUT2D eigenvalue weighted by Gasteiger charge is -2.43. The van der Waals surface area contributed by atoms with Gasteiger partial charge in [0.1, 0.15) is 0 Å². The van der Waals surface area contributed by atoms with Crippen LogP contribution in [-0.4, -0.2) is 28.6 Å². The van der Waals surface area contributed by atoms with E-state index < -0.39 is 0 Å². The Kier molecular flexibility index (Phi) is 4.44. The molecule has 2 nitrogen and oxygen atoms in total. The van der Waals surface area contributed by atoms with Crippen molar-refractivity contribution in [1.82, 2.24) is 10.6 Å². The van der Waals surface area contributed by atoms with Gasteiger partial charge in [0.05, 0.1) is 5.29 Å². The van der Waals surface area contributed by atoms with Crippen LogP contribution in [0.1, 0.15) is 34.6 Å². The summed E-state index contributed by atoms with van der Waals surface area (Å²) in [6, 6.07) is 0. The van der Waals surface area contributed by atoms with Gasteiger partial charge in [-0.25, -0.2) is 0 Å². The monoisotopic (exact) mass is 188 g/mol. The van der Waals surface area contributed by atoms with Crippen molar-refractivity contribution in [2.45, 2.75) is 39.9 Å². The second kappa shape index (κ2) is 4.39. The summed E-state index contributed by atoms with van der Waals surface area (Å²) in [6.07, 6.45) is 0. The molecule has 0 fully saturated rings. The molecule has 74 valence electrons. The zero-order valence-corrected chi connectivity index (χ0v) is 11.4. The molecule has 0 radical (unpaired) electrons. The molecule has 0 aromatic carbocycles. The van der Waals surface area contributed by atoms with Crippen molar-refractivity contribution < 1.29 is 0 Å². The lowest BCUT2D eigenvalue weighted by atomic mass is 9.91. The van der Waals surface area contributed by atoms with Crippen LogP contribution in [0.2, 0.25) is 0 Å². The molecule has 0 amide bonds. The smallest absolute Gasteiger partial charge is 0.0520 e. The fourth-order valence-corrected chi connectivity index (χ4v) is 2.01. The Hall–Kier alpha value is 0.137. The molecule has 0 saturated carbocycles. The maximum atomic E-state index is 3.55. The van der Waals surface area contributed by atoms with E-state index in [1.54, 1.807) is 0 Å². The van der Waals surface area contributed by atoms with Crippen molar-refractivity contribution in [2.24, 2.45) is 5.41 Å². The number of hydrogen-bond donors (Lipinski definition) is 2. The molecular formula is C9H24N2Si. The summed E-state index contributed by atoms with van der Waals surface area (Å²) in [5, 5.41) is 7.28. The SMILES string of the molecule is CCNC([SiH3])(NCC)C(C)(C)C. The van der Waals surface area contributed by atoms with Gasteiger partial charge in [-0.05, 0) is 18.5 Å². The van der Waals surface area contributed by atoms with E-state index in [4.69, 9.17) is 0 Å². The molecule has 0 aliphatic heterocycles. The highest BCUT2D eigenvalue weighted by atomic mass is 28.1. The average Bonchev–Trinajstić information content (AvgIpc) is 1.86. The molecule has 0 aromatic rings. The maximum Gasteiger partial charge on any atom is 0.0520 e. The molecule has 0 rings (SSSR count). The second-order valence-electron chi connectivity index (χ2n) is 4.44. The first-order valence-corrected chi connectivity index (χ1v) is 5.87. The zero-order chi connectivity index (χ0) is 9.83. The van der Waals surface area contributed by atoms with Gasteiger partial charge in [0.25, 0.3) is 0 Å². The van der Waals surface area contributed by atoms with E-state index >= 15 is 0 Å². The predicted octanol–water partition coefficient (Wildman–Crippen LogP) is 0.271. The molecule has 0 aliphatic carbocycles. The first-order chi connectivity index (χ1) is 5.37. The van der Waals surface area contributed by atoms with E-state index in [9.17, 15) is 0 Å². The van der Waals surface area contributed by atoms with Crippen molar-refractivity contribution >= 4 is 10.2 Å². The van der Waals surface area contributed by atoms with E-state index in [2.05, 4.69) is 45.3 Å². The third kappa shape index (κ3) is 2.88. The minimum Gasteiger partial charge on any atom is -0.303 e. The molecule has 2 N–H and O–H groups in total. The molecule has 12 heavy (non-hydrogen) atoms. The van der Waals surface area contributed by atoms with Gasteiger partial charge in [-0.15, -0.1) is 0 Å². The number of rotatable bonds is 4. The number of hydrogen-bond acceptors (Lipinski definition) is 2. The molecule has 0 heterocycles. The Labute approximate surface area is 79.9 Å². The highest BCUT2D eigenvalue weighted by Crippen LogP contribution is 2.24. The third-order valence-electron chi connectivity index (χ3n) is 2.56. The standard InChI is InChI=1S/C9H24N2Si/c1-6-10-9(12,11-7-2)8(3,4)5/h10-11H,6-7H2,1-5,12H3. The van der Waals surface area contributed by atoms with Gasteiger partial charge in [0, 0.05) is 10.2 Å². The summed E-state index contributed by atoms with van der Waals surface area (Å²) in [4.78, 5) is 0. The van der Waals surface area contributed by atoms with E-state index in [1.807, 2.05) is 0 Å². The van der Waals surface area contributed by atoms with Gasteiger partial charge >= 0.3 is 0 Å². The van der Waals surface area contributed by atoms with E-state index in [0.717, 1.165) is 23.3 Å². The first-order valence-electron chi connectivity index (χ1n) is 4.87. The van der Waals surface area contributed by atoms with Crippen LogP contribution in [0, 0.1) is 5.41 Å². The van der Waals surface area contributed by atoms with Crippen molar-refractivity contribution in [3.63, 3.8) is 0 Å². The average molecular weight is 188 g/mol. The van der Waals surface area contributed by atoms with Crippen molar-refractivity contribution in [2.75, 3.05) is 13.1 Å². The van der Waals surface area contributed by atoms with Gasteiger partial charge in [-0.3, -0.25) is 0 Å². The summed E-state index contributed by atoms with van der Waals surface area (Å²) in [7, 11) is 1.12. The normalized spacial score (nSPS) is 13.8. The molecule has 0 aromatic heterocycles. The van der Waals surface area contributed by atoms with E-state index in [-0.39, 0.29) is 5.29 Å². The van der Waals surface area contributed by atoms with Gasteiger partial charge < -0.3 is 10.6 Å². The Bertz CT molecular complexity index is 123. The molecule has 0 unspecified atom stereocenters. The lowest BCUT2D eigenvalue weighted by molar-refractivity contribution is 0.187. The molecule has 0 saturated heterocycles. The van der Waals surface area contributed by atoms with Crippen molar-refractivity contribution in [3.05, 3.63) is 0 Å². The van der Waals surface area contributed by atoms with Crippen LogP contribution in [0.25, 0.3) is 0 Å². The van der Waals surface area contributed by atoms with E-state index in [1.165, 1.54) is 0 Å². The van der Waals surface area contributed by atoms with Crippen LogP contribution < -0.4 is 10.6 Å². The fourth-order valence-electron chi connectivity index (χ4n) is 1.30. The van der Waals surface area contributed by atoms with Crippen LogP contribution in [-0.2, 0) is 0 Å². The summed E-state index contributed by atoms with van der Waals surface area (Å²) in [5.74, 6) is 0. The largest absolute Gasteiger partial charge is 0.303 e. The van der Waals surface area contributed by atoms with Crippen LogP contribution in [0.5, 0.6) is 0 Å². The Morgan fingerprint density at radius 2 is 1.33 bits per heavy atom. The molecule has 3 heteroatoms. The van der Waals surface area contributed by atoms with Gasteiger partial charge in [0.2, 0.25) is 0 Å². The van der Waals surface area contributed by atoms with Gasteiger partial charge in [0.15, 0.2) is 0 Å². The molecular weight excluding hydrogens is 164 g/mol. The number of nitrogens with one attached hydrogen (secondary N) is 2. The minimum atomic E-state index is 0.177. The predicted molar refractivity (Wildman–Crippen MR) is 59.5 cm³/mol. The summed E-state index contributed by atoms with van der Waals surface area (Å²) < 4.78 is 0. The molecule has 0 atom stereocenters. The quantitative estimate of drug-likeness (QED) is 0.489. The van der Waals surface area contributed by atoms with E-state index in [0.29, 0.717) is 5.41 Å². The lowest BCUT2D eigenvalue weighted by Crippen LogP contribution is -2.65. The fraction of sp³-hybridized carbons (Fsp3) is 1.00. The van der Waals surface area contributed by atoms with Crippen LogP contribution >= 0.6 is 0 Å². The second-order valence-corrected chi connectivity index (χ2v) is 5.94. The van der Waals surface area contributed by atoms with Crippen LogP contribution in [0.4, 0.5) is 0 Å². The Morgan fingerprint density at radius 3 is 1.50 bits per heavy atom. The van der Waals surface area contributed by atoms with Gasteiger partial charge in [-0.1, -0.05) is 34.6 Å². The molecule has 0 aliphatic rings.